The second-order valence-corrected chi connectivity index (χ2v) is 8.04. The van der Waals surface area contributed by atoms with E-state index < -0.39 is 0 Å². The molecule has 3 aromatic rings. The smallest absolute Gasteiger partial charge is 0.251 e. The quantitative estimate of drug-likeness (QED) is 0.561. The van der Waals surface area contributed by atoms with Gasteiger partial charge in [0.05, 0.1) is 27.4 Å². The van der Waals surface area contributed by atoms with Crippen molar-refractivity contribution in [2.45, 2.75) is 19.0 Å². The number of hydrogen-bond donors (Lipinski definition) is 1. The van der Waals surface area contributed by atoms with Crippen molar-refractivity contribution in [1.82, 2.24) is 10.2 Å². The molecule has 0 aromatic heterocycles. The number of hydrogen-bond acceptors (Lipinski definition) is 5. The fourth-order valence-corrected chi connectivity index (χ4v) is 4.45. The molecule has 1 heterocycles. The molecule has 6 heteroatoms. The minimum Gasteiger partial charge on any atom is -0.493 e. The molecule has 172 valence electrons. The summed E-state index contributed by atoms with van der Waals surface area (Å²) >= 11 is 0. The molecular formula is C27H30N2O4. The fourth-order valence-electron chi connectivity index (χ4n) is 4.45. The van der Waals surface area contributed by atoms with Crippen molar-refractivity contribution < 1.29 is 19.0 Å². The van der Waals surface area contributed by atoms with Gasteiger partial charge in [-0.3, -0.25) is 9.69 Å². The van der Waals surface area contributed by atoms with Crippen LogP contribution in [0.25, 0.3) is 0 Å². The topological polar surface area (TPSA) is 60.0 Å². The van der Waals surface area contributed by atoms with Crippen LogP contribution in [0, 0.1) is 0 Å². The molecule has 0 spiro atoms. The first-order chi connectivity index (χ1) is 16.1. The van der Waals surface area contributed by atoms with Crippen molar-refractivity contribution in [2.24, 2.45) is 0 Å². The van der Waals surface area contributed by atoms with E-state index in [0.29, 0.717) is 29.4 Å². The van der Waals surface area contributed by atoms with E-state index in [4.69, 9.17) is 14.2 Å². The largest absolute Gasteiger partial charge is 0.493 e. The highest BCUT2D eigenvalue weighted by atomic mass is 16.5. The minimum atomic E-state index is -0.183. The average molecular weight is 447 g/mol. The summed E-state index contributed by atoms with van der Waals surface area (Å²) < 4.78 is 16.2. The van der Waals surface area contributed by atoms with Crippen LogP contribution in [0.1, 0.15) is 33.1 Å². The summed E-state index contributed by atoms with van der Waals surface area (Å²) in [4.78, 5) is 15.6. The molecule has 0 saturated heterocycles. The van der Waals surface area contributed by atoms with Crippen LogP contribution < -0.4 is 19.5 Å². The second kappa shape index (κ2) is 10.4. The Hall–Kier alpha value is -3.51. The van der Waals surface area contributed by atoms with Gasteiger partial charge < -0.3 is 19.5 Å². The van der Waals surface area contributed by atoms with Gasteiger partial charge >= 0.3 is 0 Å². The van der Waals surface area contributed by atoms with Crippen LogP contribution in [-0.2, 0) is 13.0 Å². The molecule has 3 aromatic carbocycles. The lowest BCUT2D eigenvalue weighted by Gasteiger charge is -2.37. The molecule has 0 radical (unpaired) electrons. The van der Waals surface area contributed by atoms with Crippen LogP contribution >= 0.6 is 0 Å². The van der Waals surface area contributed by atoms with Crippen LogP contribution in [-0.4, -0.2) is 45.2 Å². The first kappa shape index (κ1) is 22.7. The number of nitrogens with one attached hydrogen (secondary N) is 1. The third-order valence-corrected chi connectivity index (χ3v) is 6.13. The molecule has 1 amide bonds. The summed E-state index contributed by atoms with van der Waals surface area (Å²) in [5.41, 5.74) is 4.33. The van der Waals surface area contributed by atoms with Gasteiger partial charge in [-0.2, -0.15) is 0 Å². The van der Waals surface area contributed by atoms with Gasteiger partial charge in [-0.1, -0.05) is 54.6 Å². The Kier molecular flexibility index (Phi) is 7.15. The molecule has 6 nitrogen and oxygen atoms in total. The lowest BCUT2D eigenvalue weighted by atomic mass is 9.92. The predicted octanol–water partition coefficient (Wildman–Crippen LogP) is 4.24. The normalized spacial score (nSPS) is 15.4. The number of rotatable bonds is 8. The number of benzene rings is 3. The zero-order valence-corrected chi connectivity index (χ0v) is 19.3. The molecule has 1 N–H and O–H groups in total. The van der Waals surface area contributed by atoms with Crippen LogP contribution in [0.15, 0.2) is 66.7 Å². The maximum atomic E-state index is 13.1. The molecule has 0 saturated carbocycles. The third kappa shape index (κ3) is 4.96. The molecular weight excluding hydrogens is 416 g/mol. The Morgan fingerprint density at radius 2 is 1.61 bits per heavy atom. The van der Waals surface area contributed by atoms with Gasteiger partial charge in [-0.25, -0.2) is 0 Å². The molecule has 1 atom stereocenters. The number of nitrogens with zero attached hydrogens (tertiary/aromatic N) is 1. The maximum Gasteiger partial charge on any atom is 0.251 e. The Labute approximate surface area is 195 Å². The number of ether oxygens (including phenoxy) is 3. The number of carbonyl (C=O) groups is 1. The van der Waals surface area contributed by atoms with E-state index in [1.807, 2.05) is 6.07 Å². The summed E-state index contributed by atoms with van der Waals surface area (Å²) in [7, 11) is 4.63. The van der Waals surface area contributed by atoms with E-state index in [-0.39, 0.29) is 11.9 Å². The zero-order chi connectivity index (χ0) is 23.2. The first-order valence-electron chi connectivity index (χ1n) is 11.1. The SMILES string of the molecule is COc1cc(C(=O)NCC2c3ccccc3CCN2Cc2ccccc2)cc(OC)c1OC. The molecule has 0 fully saturated rings. The monoisotopic (exact) mass is 446 g/mol. The number of methoxy groups -OCH3 is 3. The number of fused-ring (bicyclic) bond motifs is 1. The summed E-state index contributed by atoms with van der Waals surface area (Å²) in [6.07, 6.45) is 1.00. The van der Waals surface area contributed by atoms with Crippen molar-refractivity contribution in [3.05, 3.63) is 89.0 Å². The minimum absolute atomic E-state index is 0.0844. The van der Waals surface area contributed by atoms with Crippen LogP contribution in [0.4, 0.5) is 0 Å². The standard InChI is InChI=1S/C27H30N2O4/c1-31-24-15-21(16-25(32-2)26(24)33-3)27(30)28-17-23-22-12-8-7-11-20(22)13-14-29(23)18-19-9-5-4-6-10-19/h4-12,15-16,23H,13-14,17-18H2,1-3H3,(H,28,30). The van der Waals surface area contributed by atoms with Crippen molar-refractivity contribution in [3.8, 4) is 17.2 Å². The highest BCUT2D eigenvalue weighted by Crippen LogP contribution is 2.38. The van der Waals surface area contributed by atoms with E-state index >= 15 is 0 Å². The van der Waals surface area contributed by atoms with Crippen molar-refractivity contribution in [1.29, 1.82) is 0 Å². The molecule has 0 aliphatic carbocycles. The Bertz CT molecular complexity index is 1080. The van der Waals surface area contributed by atoms with Gasteiger partial charge in [0.25, 0.3) is 5.91 Å². The van der Waals surface area contributed by atoms with Crippen molar-refractivity contribution >= 4 is 5.91 Å². The van der Waals surface area contributed by atoms with Crippen molar-refractivity contribution in [2.75, 3.05) is 34.4 Å². The molecule has 1 unspecified atom stereocenters. The molecule has 0 bridgehead atoms. The van der Waals surface area contributed by atoms with E-state index in [1.165, 1.54) is 16.7 Å². The Morgan fingerprint density at radius 1 is 0.939 bits per heavy atom. The molecule has 1 aliphatic heterocycles. The van der Waals surface area contributed by atoms with E-state index in [9.17, 15) is 4.79 Å². The summed E-state index contributed by atoms with van der Waals surface area (Å²) in [5.74, 6) is 1.19. The summed E-state index contributed by atoms with van der Waals surface area (Å²) in [6, 6.07) is 22.4. The lowest BCUT2D eigenvalue weighted by molar-refractivity contribution is 0.0925. The maximum absolute atomic E-state index is 13.1. The average Bonchev–Trinajstić information content (AvgIpc) is 2.87. The van der Waals surface area contributed by atoms with Gasteiger partial charge in [-0.05, 0) is 35.2 Å². The van der Waals surface area contributed by atoms with Gasteiger partial charge in [-0.15, -0.1) is 0 Å². The third-order valence-electron chi connectivity index (χ3n) is 6.13. The number of amides is 1. The van der Waals surface area contributed by atoms with Crippen LogP contribution in [0.5, 0.6) is 17.2 Å². The van der Waals surface area contributed by atoms with E-state index in [0.717, 1.165) is 19.5 Å². The first-order valence-corrected chi connectivity index (χ1v) is 11.1. The molecule has 33 heavy (non-hydrogen) atoms. The summed E-state index contributed by atoms with van der Waals surface area (Å²) in [6.45, 7) is 2.27. The fraction of sp³-hybridized carbons (Fsp3) is 0.296. The van der Waals surface area contributed by atoms with Gasteiger partial charge in [0.1, 0.15) is 0 Å². The van der Waals surface area contributed by atoms with Gasteiger partial charge in [0.2, 0.25) is 5.75 Å². The van der Waals surface area contributed by atoms with E-state index in [1.54, 1.807) is 33.5 Å². The second-order valence-electron chi connectivity index (χ2n) is 8.04. The summed E-state index contributed by atoms with van der Waals surface area (Å²) in [5, 5.41) is 3.13. The predicted molar refractivity (Wildman–Crippen MR) is 128 cm³/mol. The van der Waals surface area contributed by atoms with Crippen molar-refractivity contribution in [3.63, 3.8) is 0 Å². The molecule has 4 rings (SSSR count). The van der Waals surface area contributed by atoms with Crippen LogP contribution in [0.3, 0.4) is 0 Å². The zero-order valence-electron chi connectivity index (χ0n) is 19.3. The van der Waals surface area contributed by atoms with Crippen LogP contribution in [0.2, 0.25) is 0 Å². The van der Waals surface area contributed by atoms with E-state index in [2.05, 4.69) is 58.7 Å². The highest BCUT2D eigenvalue weighted by Gasteiger charge is 2.28. The van der Waals surface area contributed by atoms with Gasteiger partial charge in [0.15, 0.2) is 11.5 Å². The highest BCUT2D eigenvalue weighted by molar-refractivity contribution is 5.95. The lowest BCUT2D eigenvalue weighted by Crippen LogP contribution is -2.41. The number of carbonyl (C=O) groups excluding carboxylic acids is 1. The Morgan fingerprint density at radius 3 is 2.27 bits per heavy atom. The van der Waals surface area contributed by atoms with Gasteiger partial charge in [0, 0.05) is 25.2 Å². The Balaban J connectivity index is 1.56. The molecule has 1 aliphatic rings.